The van der Waals surface area contributed by atoms with Crippen molar-refractivity contribution in [2.75, 3.05) is 40.0 Å². The second-order valence-corrected chi connectivity index (χ2v) is 42.5. The SMILES string of the molecule is C=C(C)c1sc(C(=C)C)c(C)c1C.C=C1N=C(C)N=C1C.C=C1N=C(C)N=C1C.C=C1SC(C)(C)C(C)(C)SC1=C.C=Nc1sc(N=C)c(C)c1C.C=Nc1sc(P(=C)(C)C)c(C)c1C.C=P(C)(C)c1sc(P(=C)(C)C)c(C)c1C. The molecule has 0 spiro atoms. The van der Waals surface area contributed by atoms with Gasteiger partial charge in [0.05, 0.1) is 22.8 Å². The van der Waals surface area contributed by atoms with Crippen LogP contribution in [-0.4, -0.2) is 112 Å². The molecule has 16 heteroatoms. The Morgan fingerprint density at radius 3 is 0.825 bits per heavy atom. The number of allylic oxidation sites excluding steroid dienone is 4. The smallest absolute Gasteiger partial charge is 0.126 e. The minimum absolute atomic E-state index is 0.246. The summed E-state index contributed by atoms with van der Waals surface area (Å²) >= 11 is 10.7. The van der Waals surface area contributed by atoms with Crippen molar-refractivity contribution in [2.45, 2.75) is 134 Å². The first-order valence-corrected chi connectivity index (χ1v) is 39.3. The molecule has 4 aromatic heterocycles. The van der Waals surface area contributed by atoms with Crippen molar-refractivity contribution in [3.8, 4) is 0 Å². The number of thiophene rings is 4. The van der Waals surface area contributed by atoms with E-state index in [1.165, 1.54) is 68.3 Å². The Bertz CT molecular complexity index is 3180. The van der Waals surface area contributed by atoms with Gasteiger partial charge in [0.2, 0.25) is 0 Å². The van der Waals surface area contributed by atoms with Crippen LogP contribution in [0.4, 0.5) is 15.0 Å². The van der Waals surface area contributed by atoms with E-state index in [0.29, 0.717) is 0 Å². The maximum atomic E-state index is 4.35. The number of nitrogens with zero attached hydrogens (tertiary/aromatic N) is 7. The Labute approximate surface area is 511 Å². The molecule has 0 saturated carbocycles. The van der Waals surface area contributed by atoms with Crippen LogP contribution in [0.25, 0.3) is 11.1 Å². The normalized spacial score (nSPS) is 15.2. The molecule has 1 fully saturated rings. The molecule has 0 unspecified atom stereocenters. The van der Waals surface area contributed by atoms with Crippen LogP contribution in [0.1, 0.15) is 123 Å². The van der Waals surface area contributed by atoms with Gasteiger partial charge in [-0.3, -0.25) is 15.0 Å². The number of hydrogen-bond acceptors (Lipinski definition) is 13. The van der Waals surface area contributed by atoms with Gasteiger partial charge in [0.1, 0.15) is 26.7 Å². The monoisotopic (exact) mass is 1250 g/mol. The lowest BCUT2D eigenvalue weighted by Crippen LogP contribution is -2.41. The van der Waals surface area contributed by atoms with E-state index in [1.807, 2.05) is 76.4 Å². The van der Waals surface area contributed by atoms with Gasteiger partial charge in [-0.1, -0.05) is 90.4 Å². The van der Waals surface area contributed by atoms with Crippen LogP contribution in [0.5, 0.6) is 0 Å². The topological polar surface area (TPSA) is 86.5 Å². The van der Waals surface area contributed by atoms with Crippen molar-refractivity contribution in [1.82, 2.24) is 0 Å². The molecule has 0 aliphatic carbocycles. The molecule has 0 bridgehead atoms. The fourth-order valence-electron chi connectivity index (χ4n) is 7.48. The highest BCUT2D eigenvalue weighted by Crippen LogP contribution is 2.57. The van der Waals surface area contributed by atoms with Crippen LogP contribution < -0.4 is 13.9 Å². The molecule has 0 radical (unpaired) electrons. The second kappa shape index (κ2) is 30.4. The lowest BCUT2D eigenvalue weighted by Gasteiger charge is -2.45. The first-order valence-electron chi connectivity index (χ1n) is 25.8. The molecule has 0 atom stereocenters. The number of amidine groups is 2. The zero-order valence-corrected chi connectivity index (χ0v) is 61.0. The first kappa shape index (κ1) is 74.5. The van der Waals surface area contributed by atoms with Gasteiger partial charge in [-0.15, -0.1) is 57.5 Å². The Hall–Kier alpha value is -3.47. The van der Waals surface area contributed by atoms with E-state index >= 15 is 0 Å². The third-order valence-corrected chi connectivity index (χ3v) is 31.1. The quantitative estimate of drug-likeness (QED) is 0.130. The molecule has 0 amide bonds. The molecular formula is C64H96N7P3S6. The zero-order chi connectivity index (χ0) is 62.7. The summed E-state index contributed by atoms with van der Waals surface area (Å²) in [5.74, 6) is 1.63. The van der Waals surface area contributed by atoms with Gasteiger partial charge >= 0.3 is 0 Å². The highest BCUT2D eigenvalue weighted by atomic mass is 32.2. The van der Waals surface area contributed by atoms with Crippen molar-refractivity contribution in [1.29, 1.82) is 0 Å². The van der Waals surface area contributed by atoms with Gasteiger partial charge in [0, 0.05) is 42.9 Å². The van der Waals surface area contributed by atoms with Crippen molar-refractivity contribution in [2.24, 2.45) is 34.9 Å². The fourth-order valence-corrected chi connectivity index (χ4v) is 20.9. The minimum atomic E-state index is -1.14. The van der Waals surface area contributed by atoms with E-state index in [2.05, 4.69) is 237 Å². The van der Waals surface area contributed by atoms with Crippen LogP contribution in [0, 0.1) is 55.4 Å². The van der Waals surface area contributed by atoms with E-state index < -0.39 is 20.7 Å². The van der Waals surface area contributed by atoms with Crippen LogP contribution in [0.3, 0.4) is 0 Å². The van der Waals surface area contributed by atoms with Gasteiger partial charge in [-0.25, -0.2) is 20.0 Å². The van der Waals surface area contributed by atoms with E-state index in [4.69, 9.17) is 0 Å². The third kappa shape index (κ3) is 20.7. The van der Waals surface area contributed by atoms with E-state index in [0.717, 1.165) is 81.6 Å². The summed E-state index contributed by atoms with van der Waals surface area (Å²) in [6.07, 6.45) is 13.0. The molecule has 7 rings (SSSR count). The lowest BCUT2D eigenvalue weighted by molar-refractivity contribution is 0.553. The van der Waals surface area contributed by atoms with Crippen molar-refractivity contribution >= 4 is 192 Å². The standard InChI is InChI=1S/C12H22P2S.C12H16S.C10H16NPS.C10H16S2.C8H10N2S.2C6H8N2/c1-9-10(2)12(14(6,7)8)15-11(9)13(3,4)5;1-7(2)11-9(5)10(6)12(13-11)8(3)4;1-7-8(2)10(12(4,5)6)13-9(7)11-3;1-7-8(2)12-10(5,6)9(3,4)11-7;1-5-6(2)8(10-4)11-7(5)9-3;2*1-4-5(2)8-6(3)7-4/h3,6H2,1-2,4-5,7-8H3;1,3H2,2,4-6H3;3-4H2,1-2,5-6H3;1-2H2,3-6H3;3-4H2,1-2H3;2*1H2,2-3H3. The van der Waals surface area contributed by atoms with Gasteiger partial charge in [-0.2, -0.15) is 0 Å². The Balaban J connectivity index is 0.000000471. The molecule has 1 saturated heterocycles. The second-order valence-electron chi connectivity index (χ2n) is 22.7. The average Bonchev–Trinajstić information content (AvgIpc) is 4.13. The van der Waals surface area contributed by atoms with Crippen LogP contribution in [0.15, 0.2) is 95.6 Å². The van der Waals surface area contributed by atoms with Gasteiger partial charge in [0.15, 0.2) is 0 Å². The molecule has 3 aliphatic heterocycles. The maximum Gasteiger partial charge on any atom is 0.126 e. The van der Waals surface area contributed by atoms with Crippen LogP contribution in [0.2, 0.25) is 0 Å². The first-order chi connectivity index (χ1) is 36.2. The minimum Gasteiger partial charge on any atom is -0.253 e. The van der Waals surface area contributed by atoms with Crippen molar-refractivity contribution < 1.29 is 0 Å². The van der Waals surface area contributed by atoms with Crippen LogP contribution >= 0.6 is 89.5 Å². The molecular weight excluding hydrogens is 1150 g/mol. The van der Waals surface area contributed by atoms with Gasteiger partial charge in [0.25, 0.3) is 0 Å². The van der Waals surface area contributed by atoms with E-state index in [9.17, 15) is 0 Å². The van der Waals surface area contributed by atoms with Gasteiger partial charge in [-0.05, 0) is 240 Å². The summed E-state index contributed by atoms with van der Waals surface area (Å²) in [7, 11) is 0. The predicted octanol–water partition coefficient (Wildman–Crippen LogP) is 20.4. The summed E-state index contributed by atoms with van der Waals surface area (Å²) in [5, 5.41) is 2.96. The van der Waals surface area contributed by atoms with Crippen molar-refractivity contribution in [3.05, 3.63) is 115 Å². The van der Waals surface area contributed by atoms with Crippen LogP contribution in [-0.2, 0) is 0 Å². The third-order valence-electron chi connectivity index (χ3n) is 13.1. The molecule has 80 heavy (non-hydrogen) atoms. The highest BCUT2D eigenvalue weighted by molar-refractivity contribution is 8.13. The molecule has 0 aromatic carbocycles. The van der Waals surface area contributed by atoms with E-state index in [1.54, 1.807) is 22.7 Å². The summed E-state index contributed by atoms with van der Waals surface area (Å²) in [5.41, 5.74) is 16.4. The summed E-state index contributed by atoms with van der Waals surface area (Å²) < 4.78 is 4.98. The Morgan fingerprint density at radius 2 is 0.662 bits per heavy atom. The average molecular weight is 1250 g/mol. The Kier molecular flexibility index (Phi) is 28.3. The van der Waals surface area contributed by atoms with Gasteiger partial charge < -0.3 is 0 Å². The summed E-state index contributed by atoms with van der Waals surface area (Å²) in [6.45, 7) is 81.9. The molecule has 3 aliphatic rings. The summed E-state index contributed by atoms with van der Waals surface area (Å²) in [6, 6.07) is 0. The number of aliphatic imine (C=N–C) groups is 7. The molecule has 4 aromatic rings. The molecule has 438 valence electrons. The number of rotatable bonds is 8. The van der Waals surface area contributed by atoms with E-state index in [-0.39, 0.29) is 9.49 Å². The fraction of sp³-hybridized carbons (Fsp3) is 0.406. The molecule has 0 N–H and O–H groups in total. The number of hydrogen-bond donors (Lipinski definition) is 0. The predicted molar refractivity (Wildman–Crippen MR) is 401 cm³/mol. The maximum absolute atomic E-state index is 4.35. The Morgan fingerprint density at radius 1 is 0.400 bits per heavy atom. The summed E-state index contributed by atoms with van der Waals surface area (Å²) in [4.78, 5) is 32.7. The molecule has 7 heterocycles. The lowest BCUT2D eigenvalue weighted by atomic mass is 9.98. The largest absolute Gasteiger partial charge is 0.253 e. The zero-order valence-electron chi connectivity index (χ0n) is 53.4. The highest BCUT2D eigenvalue weighted by Gasteiger charge is 2.43. The molecule has 7 nitrogen and oxygen atoms in total. The van der Waals surface area contributed by atoms with Crippen molar-refractivity contribution in [3.63, 3.8) is 0 Å². The number of thioether (sulfide) groups is 2.